The predicted molar refractivity (Wildman–Crippen MR) is 97.8 cm³/mol. The minimum atomic E-state index is 0.00645. The van der Waals surface area contributed by atoms with Crippen molar-refractivity contribution in [1.82, 2.24) is 14.9 Å². The Bertz CT molecular complexity index is 874. The third-order valence-electron chi connectivity index (χ3n) is 4.77. The molecule has 1 aliphatic heterocycles. The number of H-pyrrole nitrogens is 1. The quantitative estimate of drug-likeness (QED) is 0.792. The number of morpholine rings is 1. The molecule has 1 atom stereocenters. The van der Waals surface area contributed by atoms with Crippen molar-refractivity contribution in [3.05, 3.63) is 59.7 Å². The van der Waals surface area contributed by atoms with E-state index < -0.39 is 0 Å². The second-order valence-electron chi connectivity index (χ2n) is 6.52. The summed E-state index contributed by atoms with van der Waals surface area (Å²) in [6, 6.07) is 12.7. The van der Waals surface area contributed by atoms with Crippen LogP contribution in [0.3, 0.4) is 0 Å². The van der Waals surface area contributed by atoms with E-state index in [0.29, 0.717) is 0 Å². The molecule has 4 rings (SSSR count). The first-order chi connectivity index (χ1) is 12.2. The highest BCUT2D eigenvalue weighted by Crippen LogP contribution is 2.30. The molecule has 1 saturated heterocycles. The maximum absolute atomic E-state index is 5.91. The van der Waals surface area contributed by atoms with E-state index in [2.05, 4.69) is 51.3 Å². The molecule has 0 radical (unpaired) electrons. The second kappa shape index (κ2) is 6.86. The number of nitrogens with zero attached hydrogens (tertiary/aromatic N) is 2. The Morgan fingerprint density at radius 1 is 1.24 bits per heavy atom. The number of fused-ring (bicyclic) bond motifs is 1. The Kier molecular flexibility index (Phi) is 4.42. The van der Waals surface area contributed by atoms with Crippen molar-refractivity contribution in [1.29, 1.82) is 0 Å². The lowest BCUT2D eigenvalue weighted by molar-refractivity contribution is -0.0367. The van der Waals surface area contributed by atoms with Crippen molar-refractivity contribution < 1.29 is 9.47 Å². The van der Waals surface area contributed by atoms with E-state index in [1.165, 1.54) is 10.9 Å². The summed E-state index contributed by atoms with van der Waals surface area (Å²) in [5, 5.41) is 2.41. The lowest BCUT2D eigenvalue weighted by Crippen LogP contribution is -2.38. The van der Waals surface area contributed by atoms with Gasteiger partial charge in [-0.05, 0) is 23.9 Å². The van der Waals surface area contributed by atoms with Gasteiger partial charge in [0.15, 0.2) is 0 Å². The van der Waals surface area contributed by atoms with Crippen molar-refractivity contribution in [2.75, 3.05) is 26.8 Å². The summed E-state index contributed by atoms with van der Waals surface area (Å²) in [6.07, 6.45) is 1.86. The molecule has 130 valence electrons. The smallest absolute Gasteiger partial charge is 0.136 e. The molecule has 0 spiro atoms. The van der Waals surface area contributed by atoms with E-state index in [1.54, 1.807) is 7.11 Å². The lowest BCUT2D eigenvalue weighted by atomic mass is 10.0. The van der Waals surface area contributed by atoms with Gasteiger partial charge in [-0.2, -0.15) is 0 Å². The summed E-state index contributed by atoms with van der Waals surface area (Å²) in [5.74, 6) is 1.84. The Morgan fingerprint density at radius 2 is 2.08 bits per heavy atom. The SMILES string of the molecule is COc1ccc(CN2CCO[C@@H](c3ncc(C)[nH]3)C2)c2ccccc12. The molecule has 1 N–H and O–H groups in total. The van der Waals surface area contributed by atoms with Gasteiger partial charge in [-0.15, -0.1) is 0 Å². The van der Waals surface area contributed by atoms with Gasteiger partial charge < -0.3 is 14.5 Å². The van der Waals surface area contributed by atoms with Crippen LogP contribution < -0.4 is 4.74 Å². The van der Waals surface area contributed by atoms with E-state index in [-0.39, 0.29) is 6.10 Å². The summed E-state index contributed by atoms with van der Waals surface area (Å²) < 4.78 is 11.4. The molecule has 0 saturated carbocycles. The van der Waals surface area contributed by atoms with Gasteiger partial charge in [0.2, 0.25) is 0 Å². The summed E-state index contributed by atoms with van der Waals surface area (Å²) in [4.78, 5) is 10.2. The number of aryl methyl sites for hydroxylation is 1. The maximum atomic E-state index is 5.91. The first-order valence-electron chi connectivity index (χ1n) is 8.64. The van der Waals surface area contributed by atoms with Crippen molar-refractivity contribution in [3.8, 4) is 5.75 Å². The molecule has 3 aromatic rings. The number of imidazole rings is 1. The first kappa shape index (κ1) is 16.1. The van der Waals surface area contributed by atoms with E-state index in [0.717, 1.165) is 48.9 Å². The standard InChI is InChI=1S/C20H23N3O2/c1-14-11-21-20(22-14)19-13-23(9-10-25-19)12-15-7-8-18(24-2)17-6-4-3-5-16(15)17/h3-8,11,19H,9-10,12-13H2,1-2H3,(H,21,22)/t19-/m1/s1. The number of hydrogen-bond donors (Lipinski definition) is 1. The van der Waals surface area contributed by atoms with Crippen LogP contribution in [0.4, 0.5) is 0 Å². The topological polar surface area (TPSA) is 50.4 Å². The van der Waals surface area contributed by atoms with E-state index in [9.17, 15) is 0 Å². The number of hydrogen-bond acceptors (Lipinski definition) is 4. The summed E-state index contributed by atoms with van der Waals surface area (Å²) >= 11 is 0. The van der Waals surface area contributed by atoms with Crippen LogP contribution in [0.2, 0.25) is 0 Å². The number of rotatable bonds is 4. The molecule has 1 aromatic heterocycles. The minimum absolute atomic E-state index is 0.00645. The average Bonchev–Trinajstić information content (AvgIpc) is 3.09. The maximum Gasteiger partial charge on any atom is 0.136 e. The van der Waals surface area contributed by atoms with E-state index in [1.807, 2.05) is 13.1 Å². The van der Waals surface area contributed by atoms with Crippen LogP contribution in [-0.2, 0) is 11.3 Å². The van der Waals surface area contributed by atoms with Crippen molar-refractivity contribution in [2.24, 2.45) is 0 Å². The molecule has 0 aliphatic carbocycles. The zero-order chi connectivity index (χ0) is 17.2. The van der Waals surface area contributed by atoms with Gasteiger partial charge in [-0.3, -0.25) is 4.90 Å². The molecule has 1 fully saturated rings. The Balaban J connectivity index is 1.57. The number of methoxy groups -OCH3 is 1. The number of aromatic amines is 1. The fourth-order valence-corrected chi connectivity index (χ4v) is 3.50. The molecule has 5 nitrogen and oxygen atoms in total. The molecular weight excluding hydrogens is 314 g/mol. The van der Waals surface area contributed by atoms with Crippen molar-refractivity contribution in [2.45, 2.75) is 19.6 Å². The van der Waals surface area contributed by atoms with Crippen LogP contribution in [0.1, 0.15) is 23.2 Å². The van der Waals surface area contributed by atoms with Crippen molar-refractivity contribution >= 4 is 10.8 Å². The molecule has 0 bridgehead atoms. The molecule has 2 heterocycles. The van der Waals surface area contributed by atoms with Gasteiger partial charge in [0.1, 0.15) is 17.7 Å². The highest BCUT2D eigenvalue weighted by atomic mass is 16.5. The first-order valence-corrected chi connectivity index (χ1v) is 8.64. The Labute approximate surface area is 147 Å². The fourth-order valence-electron chi connectivity index (χ4n) is 3.50. The summed E-state index contributed by atoms with van der Waals surface area (Å²) in [7, 11) is 1.72. The van der Waals surface area contributed by atoms with Gasteiger partial charge in [-0.25, -0.2) is 4.98 Å². The lowest BCUT2D eigenvalue weighted by Gasteiger charge is -2.32. The third kappa shape index (κ3) is 3.25. The van der Waals surface area contributed by atoms with Gasteiger partial charge in [0.25, 0.3) is 0 Å². The van der Waals surface area contributed by atoms with E-state index >= 15 is 0 Å². The van der Waals surface area contributed by atoms with Crippen LogP contribution in [0.5, 0.6) is 5.75 Å². The van der Waals surface area contributed by atoms with Gasteiger partial charge in [-0.1, -0.05) is 30.3 Å². The second-order valence-corrected chi connectivity index (χ2v) is 6.52. The summed E-state index contributed by atoms with van der Waals surface area (Å²) in [5.41, 5.74) is 2.38. The monoisotopic (exact) mass is 337 g/mol. The highest BCUT2D eigenvalue weighted by Gasteiger charge is 2.24. The number of benzene rings is 2. The Morgan fingerprint density at radius 3 is 2.84 bits per heavy atom. The van der Waals surface area contributed by atoms with Crippen LogP contribution in [0.15, 0.2) is 42.6 Å². The molecule has 5 heteroatoms. The number of ether oxygens (including phenoxy) is 2. The summed E-state index contributed by atoms with van der Waals surface area (Å²) in [6.45, 7) is 5.40. The van der Waals surface area contributed by atoms with Gasteiger partial charge in [0.05, 0.1) is 13.7 Å². The fraction of sp³-hybridized carbons (Fsp3) is 0.350. The zero-order valence-corrected chi connectivity index (χ0v) is 14.7. The van der Waals surface area contributed by atoms with Crippen LogP contribution in [-0.4, -0.2) is 41.7 Å². The average molecular weight is 337 g/mol. The zero-order valence-electron chi connectivity index (χ0n) is 14.7. The highest BCUT2D eigenvalue weighted by molar-refractivity contribution is 5.91. The molecule has 1 aliphatic rings. The van der Waals surface area contributed by atoms with Crippen LogP contribution >= 0.6 is 0 Å². The largest absolute Gasteiger partial charge is 0.496 e. The van der Waals surface area contributed by atoms with Gasteiger partial charge >= 0.3 is 0 Å². The van der Waals surface area contributed by atoms with Crippen molar-refractivity contribution in [3.63, 3.8) is 0 Å². The molecular formula is C20H23N3O2. The Hall–Kier alpha value is -2.37. The number of aromatic nitrogens is 2. The molecule has 2 aromatic carbocycles. The molecule has 0 unspecified atom stereocenters. The molecule has 0 amide bonds. The van der Waals surface area contributed by atoms with Crippen LogP contribution in [0.25, 0.3) is 10.8 Å². The molecule has 25 heavy (non-hydrogen) atoms. The predicted octanol–water partition coefficient (Wildman–Crippen LogP) is 3.45. The van der Waals surface area contributed by atoms with Gasteiger partial charge in [0, 0.05) is 36.9 Å². The normalized spacial score (nSPS) is 18.6. The third-order valence-corrected chi connectivity index (χ3v) is 4.77. The number of nitrogens with one attached hydrogen (secondary N) is 1. The minimum Gasteiger partial charge on any atom is -0.496 e. The van der Waals surface area contributed by atoms with Crippen LogP contribution in [0, 0.1) is 6.92 Å². The van der Waals surface area contributed by atoms with E-state index in [4.69, 9.17) is 9.47 Å².